The van der Waals surface area contributed by atoms with Gasteiger partial charge >= 0.3 is 0 Å². The van der Waals surface area contributed by atoms with E-state index in [1.807, 2.05) is 20.8 Å². The van der Waals surface area contributed by atoms with E-state index in [4.69, 9.17) is 10.5 Å². The summed E-state index contributed by atoms with van der Waals surface area (Å²) in [5.74, 6) is -0.148. The Balaban J connectivity index is 2.83. The number of ether oxygens (including phenoxy) is 1. The van der Waals surface area contributed by atoms with Gasteiger partial charge in [0, 0.05) is 6.04 Å². The molecule has 0 saturated carbocycles. The Bertz CT molecular complexity index is 368. The predicted molar refractivity (Wildman–Crippen MR) is 65.5 cm³/mol. The topological polar surface area (TPSA) is 55.5 Å². The molecule has 0 aliphatic rings. The summed E-state index contributed by atoms with van der Waals surface area (Å²) in [5, 5.41) is 9.24. The molecule has 4 heteroatoms. The first-order chi connectivity index (χ1) is 7.95. The Hall–Kier alpha value is -1.13. The van der Waals surface area contributed by atoms with Gasteiger partial charge in [-0.1, -0.05) is 19.9 Å². The molecule has 0 radical (unpaired) electrons. The zero-order valence-electron chi connectivity index (χ0n) is 10.5. The molecule has 0 aliphatic heterocycles. The van der Waals surface area contributed by atoms with E-state index in [9.17, 15) is 9.50 Å². The van der Waals surface area contributed by atoms with Crippen LogP contribution < -0.4 is 10.5 Å². The van der Waals surface area contributed by atoms with E-state index >= 15 is 0 Å². The highest BCUT2D eigenvalue weighted by Crippen LogP contribution is 2.21. The van der Waals surface area contributed by atoms with Crippen molar-refractivity contribution in [3.8, 4) is 5.75 Å². The first kappa shape index (κ1) is 13.9. The molecule has 0 aromatic heterocycles. The Labute approximate surface area is 101 Å². The summed E-state index contributed by atoms with van der Waals surface area (Å²) in [6, 6.07) is 4.28. The fourth-order valence-electron chi connectivity index (χ4n) is 1.53. The summed E-state index contributed by atoms with van der Waals surface area (Å²) in [4.78, 5) is 0. The van der Waals surface area contributed by atoms with Gasteiger partial charge in [-0.2, -0.15) is 0 Å². The average Bonchev–Trinajstić information content (AvgIpc) is 2.29. The first-order valence-corrected chi connectivity index (χ1v) is 5.75. The van der Waals surface area contributed by atoms with Crippen LogP contribution in [0.3, 0.4) is 0 Å². The van der Waals surface area contributed by atoms with Crippen LogP contribution in [0, 0.1) is 18.7 Å². The lowest BCUT2D eigenvalue weighted by atomic mass is 10.00. The van der Waals surface area contributed by atoms with E-state index in [0.29, 0.717) is 0 Å². The lowest BCUT2D eigenvalue weighted by molar-refractivity contribution is 0.0776. The highest BCUT2D eigenvalue weighted by molar-refractivity contribution is 5.29. The number of aryl methyl sites for hydroxylation is 1. The van der Waals surface area contributed by atoms with Crippen LogP contribution in [0.5, 0.6) is 5.75 Å². The fourth-order valence-corrected chi connectivity index (χ4v) is 1.53. The lowest BCUT2D eigenvalue weighted by Gasteiger charge is -2.26. The van der Waals surface area contributed by atoms with Crippen molar-refractivity contribution in [2.75, 3.05) is 6.61 Å². The molecule has 3 nitrogen and oxygen atoms in total. The van der Waals surface area contributed by atoms with Gasteiger partial charge in [0.2, 0.25) is 0 Å². The molecular weight excluding hydrogens is 221 g/mol. The van der Waals surface area contributed by atoms with Crippen molar-refractivity contribution in [3.63, 3.8) is 0 Å². The van der Waals surface area contributed by atoms with E-state index in [1.54, 1.807) is 12.1 Å². The summed E-state index contributed by atoms with van der Waals surface area (Å²) in [6.07, 6.45) is -0.591. The molecule has 0 fully saturated rings. The molecule has 1 aromatic rings. The van der Waals surface area contributed by atoms with Crippen molar-refractivity contribution in [1.29, 1.82) is 0 Å². The third kappa shape index (κ3) is 3.68. The maximum atomic E-state index is 13.5. The highest BCUT2D eigenvalue weighted by Gasteiger charge is 2.22. The summed E-state index contributed by atoms with van der Waals surface area (Å²) >= 11 is 0. The minimum atomic E-state index is -0.591. The molecule has 96 valence electrons. The van der Waals surface area contributed by atoms with Gasteiger partial charge in [0.15, 0.2) is 11.6 Å². The van der Waals surface area contributed by atoms with Crippen molar-refractivity contribution in [2.24, 2.45) is 11.7 Å². The normalized spacial score (nSPS) is 14.8. The van der Waals surface area contributed by atoms with E-state index in [-0.39, 0.29) is 24.3 Å². The number of nitrogens with two attached hydrogens (primary N) is 1. The molecule has 2 atom stereocenters. The van der Waals surface area contributed by atoms with Crippen molar-refractivity contribution in [2.45, 2.75) is 32.9 Å². The summed E-state index contributed by atoms with van der Waals surface area (Å²) in [6.45, 7) is 5.49. The molecule has 0 amide bonds. The predicted octanol–water partition coefficient (Wildman–Crippen LogP) is 1.86. The maximum Gasteiger partial charge on any atom is 0.165 e. The Morgan fingerprint density at radius 1 is 1.41 bits per heavy atom. The molecule has 2 unspecified atom stereocenters. The largest absolute Gasteiger partial charge is 0.483 e. The van der Waals surface area contributed by atoms with E-state index in [1.165, 1.54) is 6.07 Å². The zero-order chi connectivity index (χ0) is 13.0. The van der Waals surface area contributed by atoms with E-state index in [0.717, 1.165) is 5.56 Å². The van der Waals surface area contributed by atoms with Crippen LogP contribution >= 0.6 is 0 Å². The van der Waals surface area contributed by atoms with Crippen LogP contribution in [0.25, 0.3) is 0 Å². The summed E-state index contributed by atoms with van der Waals surface area (Å²) in [7, 11) is 0. The molecule has 0 saturated heterocycles. The highest BCUT2D eigenvalue weighted by atomic mass is 19.1. The zero-order valence-corrected chi connectivity index (χ0v) is 10.5. The van der Waals surface area contributed by atoms with E-state index in [2.05, 4.69) is 0 Å². The van der Waals surface area contributed by atoms with Crippen LogP contribution in [0.4, 0.5) is 4.39 Å². The van der Waals surface area contributed by atoms with Gasteiger partial charge in [-0.15, -0.1) is 0 Å². The lowest BCUT2D eigenvalue weighted by Crippen LogP contribution is -2.45. The summed E-state index contributed by atoms with van der Waals surface area (Å²) < 4.78 is 18.9. The van der Waals surface area contributed by atoms with Crippen LogP contribution in [0.2, 0.25) is 0 Å². The minimum absolute atomic E-state index is 0.139. The van der Waals surface area contributed by atoms with E-state index < -0.39 is 11.9 Å². The minimum Gasteiger partial charge on any atom is -0.483 e. The van der Waals surface area contributed by atoms with Gasteiger partial charge in [0.1, 0.15) is 6.10 Å². The molecule has 0 aliphatic carbocycles. The second-order valence-electron chi connectivity index (χ2n) is 4.59. The third-order valence-electron chi connectivity index (χ3n) is 2.74. The van der Waals surface area contributed by atoms with Crippen LogP contribution in [-0.2, 0) is 0 Å². The second-order valence-corrected chi connectivity index (χ2v) is 4.59. The van der Waals surface area contributed by atoms with Crippen molar-refractivity contribution in [1.82, 2.24) is 0 Å². The van der Waals surface area contributed by atoms with Crippen molar-refractivity contribution < 1.29 is 14.2 Å². The maximum absolute atomic E-state index is 13.5. The molecule has 0 heterocycles. The van der Waals surface area contributed by atoms with Crippen LogP contribution in [0.1, 0.15) is 19.4 Å². The Kier molecular flexibility index (Phi) is 4.90. The van der Waals surface area contributed by atoms with Gasteiger partial charge in [-0.3, -0.25) is 0 Å². The molecule has 1 rings (SSSR count). The third-order valence-corrected chi connectivity index (χ3v) is 2.74. The molecule has 0 spiro atoms. The standard InChI is InChI=1S/C13H20FNO2/c1-8(2)13(15)12(7-16)17-11-6-9(3)4-5-10(11)14/h4-6,8,12-13,16H,7,15H2,1-3H3. The number of halogens is 1. The van der Waals surface area contributed by atoms with Gasteiger partial charge in [0.25, 0.3) is 0 Å². The first-order valence-electron chi connectivity index (χ1n) is 5.75. The molecule has 0 bridgehead atoms. The quantitative estimate of drug-likeness (QED) is 0.827. The smallest absolute Gasteiger partial charge is 0.165 e. The van der Waals surface area contributed by atoms with Crippen LogP contribution in [-0.4, -0.2) is 23.9 Å². The molecule has 1 aromatic carbocycles. The number of aliphatic hydroxyl groups excluding tert-OH is 1. The number of rotatable bonds is 5. The van der Waals surface area contributed by atoms with Crippen molar-refractivity contribution >= 4 is 0 Å². The van der Waals surface area contributed by atoms with Crippen molar-refractivity contribution in [3.05, 3.63) is 29.6 Å². The fraction of sp³-hybridized carbons (Fsp3) is 0.538. The Morgan fingerprint density at radius 3 is 2.59 bits per heavy atom. The number of benzene rings is 1. The monoisotopic (exact) mass is 241 g/mol. The van der Waals surface area contributed by atoms with Gasteiger partial charge in [-0.25, -0.2) is 4.39 Å². The molecule has 17 heavy (non-hydrogen) atoms. The SMILES string of the molecule is Cc1ccc(F)c(OC(CO)C(N)C(C)C)c1. The number of aliphatic hydroxyl groups is 1. The van der Waals surface area contributed by atoms with Gasteiger partial charge < -0.3 is 15.6 Å². The van der Waals surface area contributed by atoms with Gasteiger partial charge in [0.05, 0.1) is 6.61 Å². The van der Waals surface area contributed by atoms with Crippen LogP contribution in [0.15, 0.2) is 18.2 Å². The number of hydrogen-bond donors (Lipinski definition) is 2. The molecular formula is C13H20FNO2. The second kappa shape index (κ2) is 5.98. The Morgan fingerprint density at radius 2 is 2.06 bits per heavy atom. The molecule has 3 N–H and O–H groups in total. The van der Waals surface area contributed by atoms with Gasteiger partial charge in [-0.05, 0) is 30.5 Å². The number of hydrogen-bond acceptors (Lipinski definition) is 3. The summed E-state index contributed by atoms with van der Waals surface area (Å²) in [5.41, 5.74) is 6.80. The average molecular weight is 241 g/mol.